The van der Waals surface area contributed by atoms with Crippen LogP contribution in [-0.2, 0) is 4.74 Å². The van der Waals surface area contributed by atoms with Gasteiger partial charge in [-0.2, -0.15) is 0 Å². The van der Waals surface area contributed by atoms with Crippen molar-refractivity contribution in [3.8, 4) is 0 Å². The van der Waals surface area contributed by atoms with Crippen molar-refractivity contribution in [2.24, 2.45) is 0 Å². The van der Waals surface area contributed by atoms with Gasteiger partial charge in [0.15, 0.2) is 0 Å². The zero-order valence-electron chi connectivity index (χ0n) is 11.4. The van der Waals surface area contributed by atoms with Gasteiger partial charge < -0.3 is 15.8 Å². The molecular formula is C13H21N3O2. The molecule has 1 heterocycles. The van der Waals surface area contributed by atoms with Crippen molar-refractivity contribution in [1.29, 1.82) is 0 Å². The Kier molecular flexibility index (Phi) is 4.53. The Morgan fingerprint density at radius 3 is 2.72 bits per heavy atom. The standard InChI is InChI=1S/C13H21N3O2/c1-5-13(3,4)16-11-10(12(17)18-6-2)7-9(14)8-15-11/h7-8H,5-6,14H2,1-4H3,(H,15,16). The molecule has 0 aliphatic heterocycles. The van der Waals surface area contributed by atoms with Gasteiger partial charge in [0.1, 0.15) is 11.4 Å². The summed E-state index contributed by atoms with van der Waals surface area (Å²) in [5.74, 6) is 0.0983. The third-order valence-electron chi connectivity index (χ3n) is 2.74. The summed E-state index contributed by atoms with van der Waals surface area (Å²) in [6.07, 6.45) is 2.43. The van der Waals surface area contributed by atoms with Gasteiger partial charge in [-0.25, -0.2) is 9.78 Å². The molecule has 0 aliphatic carbocycles. The second-order valence-electron chi connectivity index (χ2n) is 4.75. The van der Waals surface area contributed by atoms with Gasteiger partial charge in [0, 0.05) is 5.54 Å². The van der Waals surface area contributed by atoms with E-state index < -0.39 is 5.97 Å². The Morgan fingerprint density at radius 2 is 2.17 bits per heavy atom. The van der Waals surface area contributed by atoms with Gasteiger partial charge in [0.2, 0.25) is 0 Å². The molecule has 0 aromatic carbocycles. The quantitative estimate of drug-likeness (QED) is 0.786. The molecule has 3 N–H and O–H groups in total. The molecule has 0 atom stereocenters. The Balaban J connectivity index is 3.07. The van der Waals surface area contributed by atoms with Crippen LogP contribution in [0.25, 0.3) is 0 Å². The number of hydrogen-bond donors (Lipinski definition) is 2. The Labute approximate surface area is 108 Å². The number of anilines is 2. The lowest BCUT2D eigenvalue weighted by molar-refractivity contribution is 0.0527. The highest BCUT2D eigenvalue weighted by Crippen LogP contribution is 2.22. The van der Waals surface area contributed by atoms with E-state index in [1.807, 2.05) is 13.8 Å². The second kappa shape index (κ2) is 5.71. The van der Waals surface area contributed by atoms with Gasteiger partial charge in [-0.05, 0) is 33.3 Å². The van der Waals surface area contributed by atoms with E-state index in [-0.39, 0.29) is 5.54 Å². The highest BCUT2D eigenvalue weighted by molar-refractivity contribution is 5.95. The lowest BCUT2D eigenvalue weighted by Gasteiger charge is -2.26. The van der Waals surface area contributed by atoms with Crippen LogP contribution < -0.4 is 11.1 Å². The smallest absolute Gasteiger partial charge is 0.341 e. The summed E-state index contributed by atoms with van der Waals surface area (Å²) in [7, 11) is 0. The number of pyridine rings is 1. The van der Waals surface area contributed by atoms with Crippen LogP contribution >= 0.6 is 0 Å². The molecule has 0 fully saturated rings. The molecule has 1 rings (SSSR count). The highest BCUT2D eigenvalue weighted by atomic mass is 16.5. The van der Waals surface area contributed by atoms with Crippen LogP contribution in [0.4, 0.5) is 11.5 Å². The first-order valence-electron chi connectivity index (χ1n) is 6.10. The SMILES string of the molecule is CCOC(=O)c1cc(N)cnc1NC(C)(C)CC. The minimum atomic E-state index is -0.410. The number of nitrogens with two attached hydrogens (primary N) is 1. The van der Waals surface area contributed by atoms with Crippen LogP contribution in [0, 0.1) is 0 Å². The molecule has 5 heteroatoms. The highest BCUT2D eigenvalue weighted by Gasteiger charge is 2.20. The largest absolute Gasteiger partial charge is 0.462 e. The Bertz CT molecular complexity index is 430. The van der Waals surface area contributed by atoms with Crippen LogP contribution in [0.2, 0.25) is 0 Å². The summed E-state index contributed by atoms with van der Waals surface area (Å²) >= 11 is 0. The van der Waals surface area contributed by atoms with Gasteiger partial charge in [-0.3, -0.25) is 0 Å². The molecule has 0 aliphatic rings. The molecule has 1 aromatic heterocycles. The molecule has 0 radical (unpaired) electrons. The molecule has 18 heavy (non-hydrogen) atoms. The molecule has 0 saturated carbocycles. The number of ether oxygens (including phenoxy) is 1. The van der Waals surface area contributed by atoms with E-state index in [2.05, 4.69) is 17.2 Å². The van der Waals surface area contributed by atoms with E-state index >= 15 is 0 Å². The molecule has 0 spiro atoms. The summed E-state index contributed by atoms with van der Waals surface area (Å²) in [5.41, 5.74) is 6.33. The van der Waals surface area contributed by atoms with Crippen molar-refractivity contribution in [3.05, 3.63) is 17.8 Å². The predicted molar refractivity (Wildman–Crippen MR) is 72.6 cm³/mol. The van der Waals surface area contributed by atoms with E-state index in [9.17, 15) is 4.79 Å². The number of carbonyl (C=O) groups excluding carboxylic acids is 1. The Morgan fingerprint density at radius 1 is 1.50 bits per heavy atom. The second-order valence-corrected chi connectivity index (χ2v) is 4.75. The minimum Gasteiger partial charge on any atom is -0.462 e. The van der Waals surface area contributed by atoms with E-state index in [1.165, 1.54) is 6.20 Å². The summed E-state index contributed by atoms with van der Waals surface area (Å²) < 4.78 is 5.00. The maximum absolute atomic E-state index is 11.8. The lowest BCUT2D eigenvalue weighted by atomic mass is 10.0. The predicted octanol–water partition coefficient (Wildman–Crippen LogP) is 2.44. The molecule has 1 aromatic rings. The third-order valence-corrected chi connectivity index (χ3v) is 2.74. The van der Waals surface area contributed by atoms with Gasteiger partial charge in [-0.15, -0.1) is 0 Å². The molecule has 0 bridgehead atoms. The first-order valence-corrected chi connectivity index (χ1v) is 6.10. The van der Waals surface area contributed by atoms with E-state index in [0.29, 0.717) is 23.7 Å². The van der Waals surface area contributed by atoms with Gasteiger partial charge in [0.25, 0.3) is 0 Å². The van der Waals surface area contributed by atoms with Crippen LogP contribution in [-0.4, -0.2) is 23.1 Å². The summed E-state index contributed by atoms with van der Waals surface area (Å²) in [5, 5.41) is 3.24. The number of esters is 1. The van der Waals surface area contributed by atoms with Crippen molar-refractivity contribution in [2.75, 3.05) is 17.7 Å². The topological polar surface area (TPSA) is 77.2 Å². The number of nitrogens with zero attached hydrogens (tertiary/aromatic N) is 1. The van der Waals surface area contributed by atoms with Crippen molar-refractivity contribution >= 4 is 17.5 Å². The molecule has 100 valence electrons. The first kappa shape index (κ1) is 14.3. The van der Waals surface area contributed by atoms with E-state index in [4.69, 9.17) is 10.5 Å². The number of hydrogen-bond acceptors (Lipinski definition) is 5. The fourth-order valence-electron chi connectivity index (χ4n) is 1.35. The summed E-state index contributed by atoms with van der Waals surface area (Å²) in [6.45, 7) is 8.24. The normalized spacial score (nSPS) is 11.1. The fourth-order valence-corrected chi connectivity index (χ4v) is 1.35. The maximum atomic E-state index is 11.8. The van der Waals surface area contributed by atoms with Crippen LogP contribution in [0.15, 0.2) is 12.3 Å². The first-order chi connectivity index (χ1) is 8.39. The Hall–Kier alpha value is -1.78. The number of aromatic nitrogens is 1. The maximum Gasteiger partial charge on any atom is 0.341 e. The fraction of sp³-hybridized carbons (Fsp3) is 0.538. The van der Waals surface area contributed by atoms with Crippen molar-refractivity contribution in [1.82, 2.24) is 4.98 Å². The zero-order chi connectivity index (χ0) is 13.8. The molecule has 5 nitrogen and oxygen atoms in total. The van der Waals surface area contributed by atoms with Crippen LogP contribution in [0.1, 0.15) is 44.5 Å². The van der Waals surface area contributed by atoms with Crippen LogP contribution in [0.5, 0.6) is 0 Å². The average molecular weight is 251 g/mol. The number of rotatable bonds is 5. The molecule has 0 saturated heterocycles. The van der Waals surface area contributed by atoms with Gasteiger partial charge >= 0.3 is 5.97 Å². The van der Waals surface area contributed by atoms with Crippen molar-refractivity contribution < 1.29 is 9.53 Å². The average Bonchev–Trinajstić information content (AvgIpc) is 2.31. The van der Waals surface area contributed by atoms with Gasteiger partial charge in [0.05, 0.1) is 18.5 Å². The number of nitrogen functional groups attached to an aromatic ring is 1. The van der Waals surface area contributed by atoms with Crippen LogP contribution in [0.3, 0.4) is 0 Å². The number of nitrogens with one attached hydrogen (secondary N) is 1. The molecule has 0 amide bonds. The van der Waals surface area contributed by atoms with Crippen molar-refractivity contribution in [2.45, 2.75) is 39.7 Å². The third kappa shape index (κ3) is 3.61. The summed E-state index contributed by atoms with van der Waals surface area (Å²) in [4.78, 5) is 16.0. The lowest BCUT2D eigenvalue weighted by Crippen LogP contribution is -2.31. The van der Waals surface area contributed by atoms with Gasteiger partial charge in [-0.1, -0.05) is 6.92 Å². The zero-order valence-corrected chi connectivity index (χ0v) is 11.4. The van der Waals surface area contributed by atoms with Crippen molar-refractivity contribution in [3.63, 3.8) is 0 Å². The van der Waals surface area contributed by atoms with E-state index in [0.717, 1.165) is 6.42 Å². The summed E-state index contributed by atoms with van der Waals surface area (Å²) in [6, 6.07) is 1.58. The molecule has 0 unspecified atom stereocenters. The molecular weight excluding hydrogens is 230 g/mol. The number of carbonyl (C=O) groups is 1. The minimum absolute atomic E-state index is 0.148. The monoisotopic (exact) mass is 251 g/mol. The van der Waals surface area contributed by atoms with E-state index in [1.54, 1.807) is 13.0 Å².